The molecule has 1 rings (SSSR count). The lowest BCUT2D eigenvalue weighted by atomic mass is 9.93. The zero-order valence-corrected chi connectivity index (χ0v) is 9.58. The third-order valence-corrected chi connectivity index (χ3v) is 2.87. The second-order valence-corrected chi connectivity index (χ2v) is 4.29. The number of hydrogen-bond acceptors (Lipinski definition) is 2. The van der Waals surface area contributed by atoms with Crippen LogP contribution in [-0.2, 0) is 10.3 Å². The molecule has 0 heterocycles. The Bertz CT molecular complexity index is 379. The minimum absolute atomic E-state index is 0.283. The Labute approximate surface area is 94.2 Å². The highest BCUT2D eigenvalue weighted by Crippen LogP contribution is 2.24. The van der Waals surface area contributed by atoms with E-state index in [-0.39, 0.29) is 5.56 Å². The third-order valence-electron chi connectivity index (χ3n) is 1.93. The fourth-order valence-electron chi connectivity index (χ4n) is 1.01. The van der Waals surface area contributed by atoms with Crippen LogP contribution in [0.25, 0.3) is 0 Å². The van der Waals surface area contributed by atoms with Crippen molar-refractivity contribution in [2.75, 3.05) is 0 Å². The summed E-state index contributed by atoms with van der Waals surface area (Å²) in [6.07, 6.45) is 0. The zero-order chi connectivity index (χ0) is 10.9. The van der Waals surface area contributed by atoms with E-state index in [4.69, 9.17) is 10.8 Å². The fraction of sp³-hybridized carbons (Fsp3) is 0.222. The summed E-state index contributed by atoms with van der Waals surface area (Å²) in [7, 11) is 0. The zero-order valence-electron chi connectivity index (χ0n) is 7.42. The van der Waals surface area contributed by atoms with Crippen molar-refractivity contribution in [3.8, 4) is 0 Å². The summed E-state index contributed by atoms with van der Waals surface area (Å²) in [6, 6.07) is 3.92. The topological polar surface area (TPSA) is 63.3 Å². The van der Waals surface area contributed by atoms with Crippen LogP contribution in [0.3, 0.4) is 0 Å². The number of aliphatic carboxylic acids is 1. The van der Waals surface area contributed by atoms with E-state index in [1.54, 1.807) is 0 Å². The molecule has 0 fully saturated rings. The van der Waals surface area contributed by atoms with Gasteiger partial charge in [0.05, 0.1) is 0 Å². The minimum atomic E-state index is -1.56. The monoisotopic (exact) mass is 309 g/mol. The number of carboxylic acid groups (broad SMARTS) is 1. The van der Waals surface area contributed by atoms with E-state index in [2.05, 4.69) is 0 Å². The molecule has 0 saturated heterocycles. The van der Waals surface area contributed by atoms with Gasteiger partial charge >= 0.3 is 5.97 Å². The number of halogens is 2. The Morgan fingerprint density at radius 3 is 2.71 bits per heavy atom. The van der Waals surface area contributed by atoms with Gasteiger partial charge in [0.25, 0.3) is 0 Å². The molecule has 0 radical (unpaired) electrons. The van der Waals surface area contributed by atoms with Crippen LogP contribution in [0, 0.1) is 9.39 Å². The standard InChI is InChI=1S/C9H9FINO2/c1-9(12,8(13)14)6-4-5(10)2-3-7(6)11/h2-4H,12H2,1H3,(H,13,14)/t9-/m0/s1. The van der Waals surface area contributed by atoms with Gasteiger partial charge in [-0.15, -0.1) is 0 Å². The molecule has 0 unspecified atom stereocenters. The highest BCUT2D eigenvalue weighted by Gasteiger charge is 2.32. The molecule has 0 saturated carbocycles. The Morgan fingerprint density at radius 2 is 2.21 bits per heavy atom. The summed E-state index contributed by atoms with van der Waals surface area (Å²) in [5.74, 6) is -1.67. The SMILES string of the molecule is C[C@@](N)(C(=O)O)c1cc(F)ccc1I. The predicted octanol–water partition coefficient (Wildman–Crippen LogP) is 1.69. The van der Waals surface area contributed by atoms with Crippen molar-refractivity contribution in [2.45, 2.75) is 12.5 Å². The molecule has 76 valence electrons. The highest BCUT2D eigenvalue weighted by molar-refractivity contribution is 14.1. The highest BCUT2D eigenvalue weighted by atomic mass is 127. The van der Waals surface area contributed by atoms with Gasteiger partial charge in [-0.3, -0.25) is 0 Å². The summed E-state index contributed by atoms with van der Waals surface area (Å²) in [6.45, 7) is 1.34. The Kier molecular flexibility index (Phi) is 3.10. The lowest BCUT2D eigenvalue weighted by molar-refractivity contribution is -0.143. The van der Waals surface area contributed by atoms with Crippen LogP contribution in [0.15, 0.2) is 18.2 Å². The first-order chi connectivity index (χ1) is 6.35. The smallest absolute Gasteiger partial charge is 0.328 e. The molecular weight excluding hydrogens is 300 g/mol. The molecule has 14 heavy (non-hydrogen) atoms. The van der Waals surface area contributed by atoms with Gasteiger partial charge in [-0.2, -0.15) is 0 Å². The maximum Gasteiger partial charge on any atom is 0.328 e. The van der Waals surface area contributed by atoms with E-state index >= 15 is 0 Å². The molecule has 0 amide bonds. The lowest BCUT2D eigenvalue weighted by Crippen LogP contribution is -2.42. The van der Waals surface area contributed by atoms with Crippen molar-refractivity contribution >= 4 is 28.6 Å². The van der Waals surface area contributed by atoms with Crippen molar-refractivity contribution in [1.82, 2.24) is 0 Å². The van der Waals surface area contributed by atoms with E-state index in [1.807, 2.05) is 22.6 Å². The molecular formula is C9H9FINO2. The van der Waals surface area contributed by atoms with E-state index in [0.717, 1.165) is 6.07 Å². The molecule has 0 aromatic heterocycles. The van der Waals surface area contributed by atoms with Gasteiger partial charge in [0, 0.05) is 3.57 Å². The van der Waals surface area contributed by atoms with Crippen LogP contribution in [0.1, 0.15) is 12.5 Å². The van der Waals surface area contributed by atoms with Gasteiger partial charge in [0.1, 0.15) is 11.4 Å². The molecule has 5 heteroatoms. The van der Waals surface area contributed by atoms with Crippen molar-refractivity contribution in [2.24, 2.45) is 5.73 Å². The first kappa shape index (κ1) is 11.4. The third kappa shape index (κ3) is 2.03. The fourth-order valence-corrected chi connectivity index (χ4v) is 1.91. The van der Waals surface area contributed by atoms with E-state index in [9.17, 15) is 9.18 Å². The first-order valence-corrected chi connectivity index (χ1v) is 4.91. The number of hydrogen-bond donors (Lipinski definition) is 2. The normalized spacial score (nSPS) is 14.9. The van der Waals surface area contributed by atoms with Crippen LogP contribution < -0.4 is 5.73 Å². The van der Waals surface area contributed by atoms with E-state index in [1.165, 1.54) is 19.1 Å². The summed E-state index contributed by atoms with van der Waals surface area (Å²) in [4.78, 5) is 10.8. The van der Waals surface area contributed by atoms with Crippen LogP contribution in [0.5, 0.6) is 0 Å². The number of rotatable bonds is 2. The van der Waals surface area contributed by atoms with Gasteiger partial charge in [-0.05, 0) is 53.3 Å². The molecule has 1 aromatic rings. The Balaban J connectivity index is 3.31. The number of nitrogens with two attached hydrogens (primary N) is 1. The molecule has 3 N–H and O–H groups in total. The van der Waals surface area contributed by atoms with Crippen LogP contribution in [0.2, 0.25) is 0 Å². The van der Waals surface area contributed by atoms with Crippen LogP contribution >= 0.6 is 22.6 Å². The van der Waals surface area contributed by atoms with Gasteiger partial charge in [0.2, 0.25) is 0 Å². The molecule has 3 nitrogen and oxygen atoms in total. The molecule has 0 aliphatic rings. The predicted molar refractivity (Wildman–Crippen MR) is 58.3 cm³/mol. The molecule has 0 bridgehead atoms. The Morgan fingerprint density at radius 1 is 1.64 bits per heavy atom. The summed E-state index contributed by atoms with van der Waals surface area (Å²) >= 11 is 1.93. The first-order valence-electron chi connectivity index (χ1n) is 3.83. The Hall–Kier alpha value is -0.690. The van der Waals surface area contributed by atoms with Crippen molar-refractivity contribution in [1.29, 1.82) is 0 Å². The largest absolute Gasteiger partial charge is 0.480 e. The van der Waals surface area contributed by atoms with Gasteiger partial charge in [-0.25, -0.2) is 9.18 Å². The molecule has 1 atom stereocenters. The summed E-state index contributed by atoms with van der Waals surface area (Å²) in [5.41, 5.74) is 4.31. The molecule has 1 aromatic carbocycles. The van der Waals surface area contributed by atoms with Gasteiger partial charge in [-0.1, -0.05) is 0 Å². The molecule has 0 aliphatic heterocycles. The second-order valence-electron chi connectivity index (χ2n) is 3.13. The van der Waals surface area contributed by atoms with Gasteiger partial charge < -0.3 is 10.8 Å². The summed E-state index contributed by atoms with van der Waals surface area (Å²) < 4.78 is 13.5. The number of carbonyl (C=O) groups is 1. The maximum absolute atomic E-state index is 12.9. The maximum atomic E-state index is 12.9. The van der Waals surface area contributed by atoms with Crippen molar-refractivity contribution < 1.29 is 14.3 Å². The van der Waals surface area contributed by atoms with Crippen molar-refractivity contribution in [3.63, 3.8) is 0 Å². The number of benzene rings is 1. The quantitative estimate of drug-likeness (QED) is 0.817. The van der Waals surface area contributed by atoms with E-state index < -0.39 is 17.3 Å². The van der Waals surface area contributed by atoms with Gasteiger partial charge in [0.15, 0.2) is 0 Å². The van der Waals surface area contributed by atoms with Crippen LogP contribution in [0.4, 0.5) is 4.39 Å². The van der Waals surface area contributed by atoms with E-state index in [0.29, 0.717) is 3.57 Å². The minimum Gasteiger partial charge on any atom is -0.480 e. The second kappa shape index (κ2) is 3.82. The summed E-state index contributed by atoms with van der Waals surface area (Å²) in [5, 5.41) is 8.86. The average molecular weight is 309 g/mol. The average Bonchev–Trinajstić information content (AvgIpc) is 2.08. The van der Waals surface area contributed by atoms with Crippen LogP contribution in [-0.4, -0.2) is 11.1 Å². The van der Waals surface area contributed by atoms with Crippen molar-refractivity contribution in [3.05, 3.63) is 33.1 Å². The lowest BCUT2D eigenvalue weighted by Gasteiger charge is -2.21. The number of carboxylic acids is 1. The molecule has 0 aliphatic carbocycles. The molecule has 0 spiro atoms.